The van der Waals surface area contributed by atoms with Gasteiger partial charge in [0.1, 0.15) is 12.1 Å². The van der Waals surface area contributed by atoms with Gasteiger partial charge in [0.15, 0.2) is 5.13 Å². The summed E-state index contributed by atoms with van der Waals surface area (Å²) >= 11 is 1.31. The highest BCUT2D eigenvalue weighted by Gasteiger charge is 2.56. The Bertz CT molecular complexity index is 1180. The van der Waals surface area contributed by atoms with Crippen molar-refractivity contribution in [1.29, 1.82) is 0 Å². The molecule has 0 spiro atoms. The van der Waals surface area contributed by atoms with E-state index in [1.807, 2.05) is 47.8 Å². The predicted octanol–water partition coefficient (Wildman–Crippen LogP) is 3.62. The van der Waals surface area contributed by atoms with Gasteiger partial charge in [0.25, 0.3) is 5.91 Å². The molecule has 152 valence electrons. The van der Waals surface area contributed by atoms with Gasteiger partial charge in [-0.2, -0.15) is 0 Å². The van der Waals surface area contributed by atoms with Crippen molar-refractivity contribution in [2.75, 3.05) is 11.9 Å². The molecule has 2 fully saturated rings. The smallest absolute Gasteiger partial charge is 0.323 e. The number of thiazole rings is 1. The second kappa shape index (κ2) is 6.91. The Morgan fingerprint density at radius 2 is 2.00 bits per heavy atom. The van der Waals surface area contributed by atoms with E-state index in [2.05, 4.69) is 15.6 Å². The molecule has 30 heavy (non-hydrogen) atoms. The Morgan fingerprint density at radius 3 is 2.80 bits per heavy atom. The van der Waals surface area contributed by atoms with Crippen LogP contribution in [0.15, 0.2) is 47.8 Å². The van der Waals surface area contributed by atoms with Gasteiger partial charge in [-0.1, -0.05) is 42.5 Å². The first-order valence-corrected chi connectivity index (χ1v) is 10.7. The second-order valence-corrected chi connectivity index (χ2v) is 8.77. The first-order valence-electron chi connectivity index (χ1n) is 9.83. The third-order valence-corrected chi connectivity index (χ3v) is 6.57. The molecule has 1 saturated carbocycles. The molecule has 7 nitrogen and oxygen atoms in total. The first kappa shape index (κ1) is 18.7. The van der Waals surface area contributed by atoms with Crippen LogP contribution in [0, 0.1) is 5.92 Å². The van der Waals surface area contributed by atoms with Crippen LogP contribution in [0.4, 0.5) is 9.93 Å². The number of rotatable bonds is 5. The van der Waals surface area contributed by atoms with E-state index >= 15 is 0 Å². The molecule has 8 heteroatoms. The van der Waals surface area contributed by atoms with Gasteiger partial charge in [-0.15, -0.1) is 11.3 Å². The zero-order valence-electron chi connectivity index (χ0n) is 16.3. The molecule has 1 unspecified atom stereocenters. The standard InChI is InChI=1S/C22H20N4O3S/c1-22(14-9-10-14)19(28)26(21(29)25-22)11-18(27)24-20-23-17(12-30-20)16-8-4-6-13-5-2-3-7-15(13)16/h2-8,12,14H,9-11H2,1H3,(H,25,29)(H,23,24,27). The van der Waals surface area contributed by atoms with Gasteiger partial charge in [-0.3, -0.25) is 14.5 Å². The monoisotopic (exact) mass is 420 g/mol. The number of nitrogens with zero attached hydrogens (tertiary/aromatic N) is 2. The largest absolute Gasteiger partial charge is 0.325 e. The fraction of sp³-hybridized carbons (Fsp3) is 0.273. The van der Waals surface area contributed by atoms with Crippen molar-refractivity contribution in [2.45, 2.75) is 25.3 Å². The van der Waals surface area contributed by atoms with Crippen LogP contribution in [-0.2, 0) is 9.59 Å². The van der Waals surface area contributed by atoms with Crippen molar-refractivity contribution in [3.63, 3.8) is 0 Å². The molecule has 5 rings (SSSR count). The lowest BCUT2D eigenvalue weighted by atomic mass is 9.96. The summed E-state index contributed by atoms with van der Waals surface area (Å²) in [6.07, 6.45) is 1.83. The molecule has 0 radical (unpaired) electrons. The van der Waals surface area contributed by atoms with Gasteiger partial charge in [-0.25, -0.2) is 9.78 Å². The van der Waals surface area contributed by atoms with Crippen LogP contribution in [0.25, 0.3) is 22.0 Å². The van der Waals surface area contributed by atoms with Crippen LogP contribution < -0.4 is 10.6 Å². The molecule has 1 aliphatic heterocycles. The second-order valence-electron chi connectivity index (χ2n) is 7.91. The molecule has 0 bridgehead atoms. The molecule has 2 N–H and O–H groups in total. The Labute approximate surface area is 177 Å². The molecule has 4 amide bonds. The molecule has 2 aromatic carbocycles. The van der Waals surface area contributed by atoms with E-state index in [-0.39, 0.29) is 18.4 Å². The lowest BCUT2D eigenvalue weighted by Gasteiger charge is -2.20. The van der Waals surface area contributed by atoms with Crippen molar-refractivity contribution in [3.05, 3.63) is 47.8 Å². The average Bonchev–Trinajstić information content (AvgIpc) is 3.47. The summed E-state index contributed by atoms with van der Waals surface area (Å²) < 4.78 is 0. The third-order valence-electron chi connectivity index (χ3n) is 5.81. The SMILES string of the molecule is CC1(C2CC2)NC(=O)N(CC(=O)Nc2nc(-c3cccc4ccccc34)cs2)C1=O. The highest BCUT2D eigenvalue weighted by Crippen LogP contribution is 2.42. The summed E-state index contributed by atoms with van der Waals surface area (Å²) in [7, 11) is 0. The number of carbonyl (C=O) groups is 3. The summed E-state index contributed by atoms with van der Waals surface area (Å²) in [4.78, 5) is 42.9. The lowest BCUT2D eigenvalue weighted by molar-refractivity contribution is -0.134. The van der Waals surface area contributed by atoms with Crippen LogP contribution >= 0.6 is 11.3 Å². The Morgan fingerprint density at radius 1 is 1.23 bits per heavy atom. The first-order chi connectivity index (χ1) is 14.5. The summed E-state index contributed by atoms with van der Waals surface area (Å²) in [6.45, 7) is 1.41. The predicted molar refractivity (Wildman–Crippen MR) is 115 cm³/mol. The zero-order chi connectivity index (χ0) is 20.9. The number of fused-ring (bicyclic) bond motifs is 1. The number of nitrogens with one attached hydrogen (secondary N) is 2. The van der Waals surface area contributed by atoms with Crippen molar-refractivity contribution in [3.8, 4) is 11.3 Å². The summed E-state index contributed by atoms with van der Waals surface area (Å²) in [5, 5.41) is 9.98. The summed E-state index contributed by atoms with van der Waals surface area (Å²) in [6, 6.07) is 13.6. The number of imide groups is 1. The van der Waals surface area contributed by atoms with E-state index in [4.69, 9.17) is 0 Å². The third kappa shape index (κ3) is 3.13. The van der Waals surface area contributed by atoms with Crippen LogP contribution in [0.1, 0.15) is 19.8 Å². The van der Waals surface area contributed by atoms with E-state index in [1.54, 1.807) is 6.92 Å². The maximum absolute atomic E-state index is 12.7. The van der Waals surface area contributed by atoms with Crippen LogP contribution in [0.2, 0.25) is 0 Å². The van der Waals surface area contributed by atoms with Crippen LogP contribution in [0.5, 0.6) is 0 Å². The number of anilines is 1. The van der Waals surface area contributed by atoms with E-state index in [1.165, 1.54) is 11.3 Å². The minimum absolute atomic E-state index is 0.157. The van der Waals surface area contributed by atoms with Gasteiger partial charge >= 0.3 is 6.03 Å². The lowest BCUT2D eigenvalue weighted by Crippen LogP contribution is -2.46. The minimum atomic E-state index is -0.889. The van der Waals surface area contributed by atoms with Crippen molar-refractivity contribution in [2.24, 2.45) is 5.92 Å². The average molecular weight is 420 g/mol. The van der Waals surface area contributed by atoms with Gasteiger partial charge < -0.3 is 10.6 Å². The summed E-state index contributed by atoms with van der Waals surface area (Å²) in [5.41, 5.74) is 0.864. The fourth-order valence-electron chi connectivity index (χ4n) is 4.00. The fourth-order valence-corrected chi connectivity index (χ4v) is 4.73. The molecule has 3 aromatic rings. The quantitative estimate of drug-likeness (QED) is 0.617. The van der Waals surface area contributed by atoms with E-state index in [0.717, 1.165) is 39.8 Å². The normalized spacial score (nSPS) is 21.2. The van der Waals surface area contributed by atoms with Crippen molar-refractivity contribution in [1.82, 2.24) is 15.2 Å². The van der Waals surface area contributed by atoms with Gasteiger partial charge in [0.05, 0.1) is 5.69 Å². The van der Waals surface area contributed by atoms with Gasteiger partial charge in [0, 0.05) is 10.9 Å². The van der Waals surface area contributed by atoms with E-state index in [9.17, 15) is 14.4 Å². The Balaban J connectivity index is 1.30. The van der Waals surface area contributed by atoms with Gasteiger partial charge in [-0.05, 0) is 36.5 Å². The van der Waals surface area contributed by atoms with Gasteiger partial charge in [0.2, 0.25) is 5.91 Å². The molecule has 2 heterocycles. The number of hydrogen-bond acceptors (Lipinski definition) is 5. The van der Waals surface area contributed by atoms with Crippen LogP contribution in [0.3, 0.4) is 0 Å². The van der Waals surface area contributed by atoms with E-state index < -0.39 is 17.5 Å². The molecular formula is C22H20N4O3S. The molecular weight excluding hydrogens is 400 g/mol. The molecule has 1 aliphatic carbocycles. The number of aromatic nitrogens is 1. The Kier molecular flexibility index (Phi) is 4.32. The topological polar surface area (TPSA) is 91.4 Å². The highest BCUT2D eigenvalue weighted by atomic mass is 32.1. The zero-order valence-corrected chi connectivity index (χ0v) is 17.2. The Hall–Kier alpha value is -3.26. The highest BCUT2D eigenvalue weighted by molar-refractivity contribution is 7.14. The number of urea groups is 1. The molecule has 2 aliphatic rings. The number of carbonyl (C=O) groups excluding carboxylic acids is 3. The molecule has 1 saturated heterocycles. The number of hydrogen-bond donors (Lipinski definition) is 2. The maximum Gasteiger partial charge on any atom is 0.325 e. The maximum atomic E-state index is 12.7. The van der Waals surface area contributed by atoms with Crippen molar-refractivity contribution >= 4 is 45.1 Å². The number of benzene rings is 2. The number of amides is 4. The molecule has 1 aromatic heterocycles. The minimum Gasteiger partial charge on any atom is -0.323 e. The van der Waals surface area contributed by atoms with Crippen molar-refractivity contribution < 1.29 is 14.4 Å². The summed E-state index contributed by atoms with van der Waals surface area (Å²) in [5.74, 6) is -0.623. The van der Waals surface area contributed by atoms with E-state index in [0.29, 0.717) is 5.13 Å². The molecule has 1 atom stereocenters. The van der Waals surface area contributed by atoms with Crippen LogP contribution in [-0.4, -0.2) is 39.8 Å².